The number of esters is 1. The van der Waals surface area contributed by atoms with E-state index in [4.69, 9.17) is 25.9 Å². The number of benzene rings is 1. The first kappa shape index (κ1) is 24.4. The molecule has 0 fully saturated rings. The number of nitrogens with one attached hydrogen (secondary N) is 2. The third kappa shape index (κ3) is 7.11. The minimum Gasteiger partial charge on any atom is -0.462 e. The molecule has 0 amide bonds. The molecule has 2 N–H and O–H groups in total. The lowest BCUT2D eigenvalue weighted by molar-refractivity contribution is -0.138. The van der Waals surface area contributed by atoms with Gasteiger partial charge < -0.3 is 19.6 Å². The SMILES string of the molecule is C=C(CC1C=C(Cl)C=CC1)NC(OS(=O)(=O)c1ccc(C)cc1)=C(C=N)C(=O)OCC. The lowest BCUT2D eigenvalue weighted by Crippen LogP contribution is -2.25. The van der Waals surface area contributed by atoms with E-state index in [0.717, 1.165) is 12.0 Å². The molecule has 0 spiro atoms. The summed E-state index contributed by atoms with van der Waals surface area (Å²) in [5.74, 6) is -1.30. The number of hydrogen-bond acceptors (Lipinski definition) is 7. The predicted molar refractivity (Wildman–Crippen MR) is 120 cm³/mol. The molecule has 1 aromatic rings. The summed E-state index contributed by atoms with van der Waals surface area (Å²) in [6.45, 7) is 7.38. The van der Waals surface area contributed by atoms with Gasteiger partial charge in [-0.3, -0.25) is 0 Å². The Kier molecular flexibility index (Phi) is 8.65. The first-order valence-electron chi connectivity index (χ1n) is 9.58. The second-order valence-corrected chi connectivity index (χ2v) is 8.82. The van der Waals surface area contributed by atoms with Crippen molar-refractivity contribution in [3.8, 4) is 0 Å². The third-order valence-corrected chi connectivity index (χ3v) is 5.78. The van der Waals surface area contributed by atoms with E-state index in [-0.39, 0.29) is 23.0 Å². The topological polar surface area (TPSA) is 106 Å². The van der Waals surface area contributed by atoms with Gasteiger partial charge in [-0.1, -0.05) is 48.0 Å². The Labute approximate surface area is 187 Å². The Morgan fingerprint density at radius 2 is 2.03 bits per heavy atom. The summed E-state index contributed by atoms with van der Waals surface area (Å²) < 4.78 is 35.7. The Morgan fingerprint density at radius 1 is 1.35 bits per heavy atom. The van der Waals surface area contributed by atoms with E-state index in [9.17, 15) is 13.2 Å². The molecule has 0 saturated heterocycles. The number of ether oxygens (including phenoxy) is 1. The largest absolute Gasteiger partial charge is 0.462 e. The second kappa shape index (κ2) is 11.0. The molecule has 1 aromatic carbocycles. The number of hydrogen-bond donors (Lipinski definition) is 2. The van der Waals surface area contributed by atoms with E-state index in [2.05, 4.69) is 11.9 Å². The van der Waals surface area contributed by atoms with Crippen molar-refractivity contribution in [3.05, 3.63) is 76.8 Å². The van der Waals surface area contributed by atoms with Crippen LogP contribution in [0.5, 0.6) is 0 Å². The zero-order valence-corrected chi connectivity index (χ0v) is 18.9. The van der Waals surface area contributed by atoms with Gasteiger partial charge in [0.1, 0.15) is 10.5 Å². The Hall–Kier alpha value is -2.84. The molecule has 1 atom stereocenters. The van der Waals surface area contributed by atoms with Gasteiger partial charge in [-0.15, -0.1) is 0 Å². The molecule has 7 nitrogen and oxygen atoms in total. The molecule has 1 aliphatic rings. The zero-order valence-electron chi connectivity index (χ0n) is 17.4. The maximum atomic E-state index is 12.8. The van der Waals surface area contributed by atoms with Crippen molar-refractivity contribution in [1.29, 1.82) is 5.41 Å². The Morgan fingerprint density at radius 3 is 2.61 bits per heavy atom. The van der Waals surface area contributed by atoms with Crippen molar-refractivity contribution in [1.82, 2.24) is 5.32 Å². The number of carbonyl (C=O) groups is 1. The van der Waals surface area contributed by atoms with E-state index in [1.807, 2.05) is 19.1 Å². The number of allylic oxidation sites excluding steroid dienone is 5. The number of aryl methyl sites for hydroxylation is 1. The van der Waals surface area contributed by atoms with Gasteiger partial charge in [-0.2, -0.15) is 8.42 Å². The molecule has 0 aliphatic heterocycles. The van der Waals surface area contributed by atoms with E-state index in [1.54, 1.807) is 25.1 Å². The van der Waals surface area contributed by atoms with Gasteiger partial charge in [0, 0.05) is 16.9 Å². The van der Waals surface area contributed by atoms with Crippen LogP contribution in [0.2, 0.25) is 0 Å². The molecule has 31 heavy (non-hydrogen) atoms. The van der Waals surface area contributed by atoms with Crippen molar-refractivity contribution >= 4 is 33.9 Å². The molecule has 1 unspecified atom stereocenters. The average molecular weight is 465 g/mol. The first-order valence-corrected chi connectivity index (χ1v) is 11.4. The summed E-state index contributed by atoms with van der Waals surface area (Å²) in [5.41, 5.74) is 0.885. The number of halogens is 1. The van der Waals surface area contributed by atoms with Crippen LogP contribution >= 0.6 is 11.6 Å². The molecule has 0 aromatic heterocycles. The molecule has 0 bridgehead atoms. The fraction of sp³-hybridized carbons (Fsp3) is 0.273. The molecule has 0 saturated carbocycles. The van der Waals surface area contributed by atoms with Crippen molar-refractivity contribution in [2.45, 2.75) is 31.6 Å². The smallest absolute Gasteiger partial charge is 0.345 e. The van der Waals surface area contributed by atoms with Crippen LogP contribution in [-0.2, 0) is 23.8 Å². The molecule has 2 rings (SSSR count). The molecule has 0 heterocycles. The van der Waals surface area contributed by atoms with Crippen LogP contribution in [0.4, 0.5) is 0 Å². The summed E-state index contributed by atoms with van der Waals surface area (Å²) in [7, 11) is -4.28. The summed E-state index contributed by atoms with van der Waals surface area (Å²) in [6, 6.07) is 6.04. The highest BCUT2D eigenvalue weighted by Crippen LogP contribution is 2.25. The minimum atomic E-state index is -4.28. The fourth-order valence-corrected chi connectivity index (χ4v) is 3.98. The maximum absolute atomic E-state index is 12.8. The molecule has 1 aliphatic carbocycles. The zero-order chi connectivity index (χ0) is 23.0. The van der Waals surface area contributed by atoms with E-state index >= 15 is 0 Å². The van der Waals surface area contributed by atoms with Gasteiger partial charge in [0.05, 0.1) is 6.61 Å². The van der Waals surface area contributed by atoms with Crippen LogP contribution in [0.1, 0.15) is 25.3 Å². The van der Waals surface area contributed by atoms with Gasteiger partial charge in [-0.05, 0) is 50.8 Å². The van der Waals surface area contributed by atoms with E-state index < -0.39 is 22.0 Å². The third-order valence-electron chi connectivity index (χ3n) is 4.30. The van der Waals surface area contributed by atoms with Gasteiger partial charge in [0.15, 0.2) is 0 Å². The van der Waals surface area contributed by atoms with Gasteiger partial charge >= 0.3 is 16.1 Å². The van der Waals surface area contributed by atoms with Gasteiger partial charge in [0.25, 0.3) is 0 Å². The van der Waals surface area contributed by atoms with Crippen molar-refractivity contribution in [2.24, 2.45) is 5.92 Å². The predicted octanol–water partition coefficient (Wildman–Crippen LogP) is 4.32. The summed E-state index contributed by atoms with van der Waals surface area (Å²) >= 11 is 6.04. The molecular weight excluding hydrogens is 440 g/mol. The number of carbonyl (C=O) groups excluding carboxylic acids is 1. The normalized spacial score (nSPS) is 16.6. The van der Waals surface area contributed by atoms with Crippen molar-refractivity contribution < 1.29 is 22.1 Å². The van der Waals surface area contributed by atoms with Crippen LogP contribution in [0.25, 0.3) is 0 Å². The van der Waals surface area contributed by atoms with Crippen molar-refractivity contribution in [3.63, 3.8) is 0 Å². The Bertz CT molecular complexity index is 1040. The molecule has 9 heteroatoms. The van der Waals surface area contributed by atoms with Crippen LogP contribution < -0.4 is 5.32 Å². The summed E-state index contributed by atoms with van der Waals surface area (Å²) in [6.07, 6.45) is 7.41. The van der Waals surface area contributed by atoms with Crippen LogP contribution in [-0.4, -0.2) is 27.2 Å². The van der Waals surface area contributed by atoms with Crippen LogP contribution in [0.15, 0.2) is 76.2 Å². The molecule has 0 radical (unpaired) electrons. The summed E-state index contributed by atoms with van der Waals surface area (Å²) in [5, 5.41) is 10.9. The molecular formula is C22H25ClN2O5S. The first-order chi connectivity index (χ1) is 14.7. The van der Waals surface area contributed by atoms with E-state index in [0.29, 0.717) is 23.4 Å². The Balaban J connectivity index is 2.33. The average Bonchev–Trinajstić information content (AvgIpc) is 2.68. The lowest BCUT2D eigenvalue weighted by Gasteiger charge is -2.20. The minimum absolute atomic E-state index is 0.0403. The summed E-state index contributed by atoms with van der Waals surface area (Å²) in [4.78, 5) is 12.2. The fourth-order valence-electron chi connectivity index (χ4n) is 2.80. The van der Waals surface area contributed by atoms with Gasteiger partial charge in [0.2, 0.25) is 5.88 Å². The second-order valence-electron chi connectivity index (χ2n) is 6.84. The highest BCUT2D eigenvalue weighted by Gasteiger charge is 2.25. The quantitative estimate of drug-likeness (QED) is 0.176. The maximum Gasteiger partial charge on any atom is 0.345 e. The van der Waals surface area contributed by atoms with Crippen LogP contribution in [0, 0.1) is 18.3 Å². The molecule has 166 valence electrons. The highest BCUT2D eigenvalue weighted by atomic mass is 35.5. The number of rotatable bonds is 10. The van der Waals surface area contributed by atoms with Crippen molar-refractivity contribution in [2.75, 3.05) is 6.61 Å². The standard InChI is InChI=1S/C22H25ClN2O5S/c1-4-29-22(26)20(14-24)21(25-16(3)12-17-6-5-7-18(23)13-17)30-31(27,28)19-10-8-15(2)9-11-19/h5,7-11,13-14,17,24-25H,3-4,6,12H2,1-2H3. The monoisotopic (exact) mass is 464 g/mol. The van der Waals surface area contributed by atoms with Gasteiger partial charge in [-0.25, -0.2) is 4.79 Å². The highest BCUT2D eigenvalue weighted by molar-refractivity contribution is 7.86. The van der Waals surface area contributed by atoms with Crippen LogP contribution in [0.3, 0.4) is 0 Å². The lowest BCUT2D eigenvalue weighted by atomic mass is 9.96. The van der Waals surface area contributed by atoms with E-state index in [1.165, 1.54) is 12.1 Å².